The lowest BCUT2D eigenvalue weighted by Gasteiger charge is -2.18. The molecule has 0 bridgehead atoms. The lowest BCUT2D eigenvalue weighted by atomic mass is 9.89. The van der Waals surface area contributed by atoms with Crippen molar-refractivity contribution in [3.05, 3.63) is 58.7 Å². The maximum atomic E-state index is 6.15. The van der Waals surface area contributed by atoms with Crippen LogP contribution < -0.4 is 10.6 Å². The predicted molar refractivity (Wildman–Crippen MR) is 91.1 cm³/mol. The van der Waals surface area contributed by atoms with Crippen LogP contribution >= 0.6 is 0 Å². The van der Waals surface area contributed by atoms with E-state index < -0.39 is 0 Å². The Hall–Kier alpha value is -1.96. The van der Waals surface area contributed by atoms with Gasteiger partial charge in [-0.2, -0.15) is 0 Å². The average Bonchev–Trinajstić information content (AvgIpc) is 2.47. The molecule has 2 N–H and O–H groups in total. The average molecular weight is 280 g/mol. The van der Waals surface area contributed by atoms with Crippen LogP contribution in [0.2, 0.25) is 0 Å². The molecule has 3 rings (SSSR count). The van der Waals surface area contributed by atoms with E-state index in [4.69, 9.17) is 5.73 Å². The highest BCUT2D eigenvalue weighted by Gasteiger charge is 2.10. The molecule has 2 nitrogen and oxygen atoms in total. The highest BCUT2D eigenvalue weighted by Crippen LogP contribution is 2.26. The Kier molecular flexibility index (Phi) is 3.87. The maximum Gasteiger partial charge on any atom is 0.0594 e. The number of nitrogens with two attached hydrogens (primary N) is 1. The van der Waals surface area contributed by atoms with Crippen molar-refractivity contribution in [2.24, 2.45) is 0 Å². The molecule has 0 aromatic heterocycles. The molecular weight excluding hydrogens is 256 g/mol. The van der Waals surface area contributed by atoms with Gasteiger partial charge in [-0.25, -0.2) is 0 Å². The number of fused-ring (bicyclic) bond motifs is 1. The van der Waals surface area contributed by atoms with Crippen LogP contribution in [0, 0.1) is 0 Å². The molecule has 0 amide bonds. The molecule has 0 radical (unpaired) electrons. The summed E-state index contributed by atoms with van der Waals surface area (Å²) in [5.74, 6) is 0. The number of aryl methyl sites for hydroxylation is 2. The van der Waals surface area contributed by atoms with E-state index in [1.807, 2.05) is 14.1 Å². The van der Waals surface area contributed by atoms with E-state index in [9.17, 15) is 0 Å². The molecule has 0 atom stereocenters. The van der Waals surface area contributed by atoms with Crippen molar-refractivity contribution in [2.75, 3.05) is 24.7 Å². The second-order valence-electron chi connectivity index (χ2n) is 6.27. The van der Waals surface area contributed by atoms with Gasteiger partial charge in [0.15, 0.2) is 0 Å². The van der Waals surface area contributed by atoms with Crippen molar-refractivity contribution in [3.63, 3.8) is 0 Å². The fraction of sp³-hybridized carbons (Fsp3) is 0.368. The summed E-state index contributed by atoms with van der Waals surface area (Å²) in [5.41, 5.74) is 13.9. The van der Waals surface area contributed by atoms with Crippen molar-refractivity contribution < 1.29 is 0 Å². The topological polar surface area (TPSA) is 29.3 Å². The molecule has 0 unspecified atom stereocenters. The van der Waals surface area contributed by atoms with E-state index >= 15 is 0 Å². The molecule has 2 aromatic rings. The summed E-state index contributed by atoms with van der Waals surface area (Å²) < 4.78 is 0. The second kappa shape index (κ2) is 5.80. The third-order valence-corrected chi connectivity index (χ3v) is 4.39. The molecule has 110 valence electrons. The van der Waals surface area contributed by atoms with Crippen molar-refractivity contribution in [1.29, 1.82) is 0 Å². The highest BCUT2D eigenvalue weighted by atomic mass is 15.1. The monoisotopic (exact) mass is 280 g/mol. The zero-order chi connectivity index (χ0) is 14.8. The van der Waals surface area contributed by atoms with Gasteiger partial charge >= 0.3 is 0 Å². The Balaban J connectivity index is 1.82. The van der Waals surface area contributed by atoms with Gasteiger partial charge < -0.3 is 10.6 Å². The highest BCUT2D eigenvalue weighted by molar-refractivity contribution is 5.68. The molecule has 0 spiro atoms. The van der Waals surface area contributed by atoms with E-state index in [0.717, 1.165) is 17.8 Å². The van der Waals surface area contributed by atoms with Crippen molar-refractivity contribution in [1.82, 2.24) is 0 Å². The van der Waals surface area contributed by atoms with E-state index in [1.54, 1.807) is 11.1 Å². The SMILES string of the molecule is CN(C)c1ccc(Cc2ccc3c(c2)CCCC3)cc1N. The van der Waals surface area contributed by atoms with Crippen molar-refractivity contribution in [3.8, 4) is 0 Å². The second-order valence-corrected chi connectivity index (χ2v) is 6.27. The predicted octanol–water partition coefficient (Wildman–Crippen LogP) is 3.80. The Morgan fingerprint density at radius 2 is 1.57 bits per heavy atom. The molecule has 2 heteroatoms. The lowest BCUT2D eigenvalue weighted by Crippen LogP contribution is -2.11. The fourth-order valence-corrected chi connectivity index (χ4v) is 3.25. The first-order valence-electron chi connectivity index (χ1n) is 7.80. The number of nitrogens with zero attached hydrogens (tertiary/aromatic N) is 1. The molecule has 0 saturated heterocycles. The van der Waals surface area contributed by atoms with Gasteiger partial charge in [0, 0.05) is 14.1 Å². The molecule has 0 fully saturated rings. The summed E-state index contributed by atoms with van der Waals surface area (Å²) in [6.45, 7) is 0. The van der Waals surface area contributed by atoms with Gasteiger partial charge in [0.1, 0.15) is 0 Å². The first-order chi connectivity index (χ1) is 10.1. The smallest absolute Gasteiger partial charge is 0.0594 e. The van der Waals surface area contributed by atoms with Crippen LogP contribution in [0.4, 0.5) is 11.4 Å². The molecule has 21 heavy (non-hydrogen) atoms. The van der Waals surface area contributed by atoms with Gasteiger partial charge in [-0.3, -0.25) is 0 Å². The van der Waals surface area contributed by atoms with Crippen LogP contribution in [-0.2, 0) is 19.3 Å². The summed E-state index contributed by atoms with van der Waals surface area (Å²) >= 11 is 0. The fourth-order valence-electron chi connectivity index (χ4n) is 3.25. The Bertz CT molecular complexity index is 644. The van der Waals surface area contributed by atoms with Gasteiger partial charge in [-0.1, -0.05) is 24.3 Å². The Morgan fingerprint density at radius 1 is 0.905 bits per heavy atom. The summed E-state index contributed by atoms with van der Waals surface area (Å²) in [4.78, 5) is 2.05. The van der Waals surface area contributed by atoms with Crippen molar-refractivity contribution in [2.45, 2.75) is 32.1 Å². The van der Waals surface area contributed by atoms with Crippen LogP contribution in [-0.4, -0.2) is 14.1 Å². The third kappa shape index (κ3) is 3.05. The van der Waals surface area contributed by atoms with Gasteiger partial charge in [-0.15, -0.1) is 0 Å². The standard InChI is InChI=1S/C19H24N2/c1-21(2)19-10-8-15(13-18(19)20)11-14-7-9-16-5-3-4-6-17(16)12-14/h7-10,12-13H,3-6,11,20H2,1-2H3. The minimum absolute atomic E-state index is 0.857. The molecule has 0 saturated carbocycles. The van der Waals surface area contributed by atoms with Crippen LogP contribution in [0.5, 0.6) is 0 Å². The van der Waals surface area contributed by atoms with Crippen LogP contribution in [0.3, 0.4) is 0 Å². The number of hydrogen-bond acceptors (Lipinski definition) is 2. The maximum absolute atomic E-state index is 6.15. The minimum atomic E-state index is 0.857. The zero-order valence-electron chi connectivity index (χ0n) is 13.0. The van der Waals surface area contributed by atoms with Crippen LogP contribution in [0.1, 0.15) is 35.1 Å². The van der Waals surface area contributed by atoms with E-state index in [-0.39, 0.29) is 0 Å². The number of rotatable bonds is 3. The lowest BCUT2D eigenvalue weighted by molar-refractivity contribution is 0.684. The van der Waals surface area contributed by atoms with Gasteiger partial charge in [-0.05, 0) is 66.5 Å². The molecule has 0 aliphatic heterocycles. The third-order valence-electron chi connectivity index (χ3n) is 4.39. The van der Waals surface area contributed by atoms with E-state index in [2.05, 4.69) is 41.3 Å². The number of nitrogen functional groups attached to an aromatic ring is 1. The molecule has 1 aliphatic rings. The normalized spacial score (nSPS) is 13.8. The van der Waals surface area contributed by atoms with Crippen LogP contribution in [0.25, 0.3) is 0 Å². The molecule has 1 aliphatic carbocycles. The number of anilines is 2. The van der Waals surface area contributed by atoms with E-state index in [0.29, 0.717) is 0 Å². The Labute approximate surface area is 127 Å². The molecular formula is C19H24N2. The van der Waals surface area contributed by atoms with Gasteiger partial charge in [0.05, 0.1) is 11.4 Å². The number of hydrogen-bond donors (Lipinski definition) is 1. The summed E-state index contributed by atoms with van der Waals surface area (Å²) in [5, 5.41) is 0. The largest absolute Gasteiger partial charge is 0.397 e. The molecule has 2 aromatic carbocycles. The van der Waals surface area contributed by atoms with Crippen molar-refractivity contribution >= 4 is 11.4 Å². The Morgan fingerprint density at radius 3 is 2.29 bits per heavy atom. The summed E-state index contributed by atoms with van der Waals surface area (Å²) in [7, 11) is 4.05. The summed E-state index contributed by atoms with van der Waals surface area (Å²) in [6.07, 6.45) is 6.13. The number of benzene rings is 2. The molecule has 0 heterocycles. The summed E-state index contributed by atoms with van der Waals surface area (Å²) in [6, 6.07) is 13.4. The quantitative estimate of drug-likeness (QED) is 0.866. The van der Waals surface area contributed by atoms with Gasteiger partial charge in [0.2, 0.25) is 0 Å². The first-order valence-corrected chi connectivity index (χ1v) is 7.80. The first kappa shape index (κ1) is 14.0. The minimum Gasteiger partial charge on any atom is -0.397 e. The van der Waals surface area contributed by atoms with Gasteiger partial charge in [0.25, 0.3) is 0 Å². The van der Waals surface area contributed by atoms with Crippen LogP contribution in [0.15, 0.2) is 36.4 Å². The zero-order valence-corrected chi connectivity index (χ0v) is 13.0. The van der Waals surface area contributed by atoms with E-state index in [1.165, 1.54) is 36.8 Å².